The van der Waals surface area contributed by atoms with Crippen LogP contribution in [0.5, 0.6) is 5.75 Å². The van der Waals surface area contributed by atoms with Gasteiger partial charge >= 0.3 is 0 Å². The lowest BCUT2D eigenvalue weighted by Gasteiger charge is -2.12. The second-order valence-corrected chi connectivity index (χ2v) is 2.84. The van der Waals surface area contributed by atoms with Crippen molar-refractivity contribution in [3.63, 3.8) is 0 Å². The first-order valence-corrected chi connectivity index (χ1v) is 4.29. The molecule has 0 spiro atoms. The average Bonchev–Trinajstić information content (AvgIpc) is 2.26. The first-order chi connectivity index (χ1) is 7.13. The topological polar surface area (TPSA) is 68.4 Å². The molecule has 3 N–H and O–H groups in total. The number of pyridine rings is 1. The van der Waals surface area contributed by atoms with E-state index in [9.17, 15) is 8.78 Å². The third kappa shape index (κ3) is 2.40. The highest BCUT2D eigenvalue weighted by Crippen LogP contribution is 2.28. The molecule has 0 bridgehead atoms. The van der Waals surface area contributed by atoms with E-state index in [1.807, 2.05) is 0 Å². The SMILES string of the molecule is COc1cc(CO)nc(C(F)F)c1CN. The van der Waals surface area contributed by atoms with Gasteiger partial charge in [-0.3, -0.25) is 0 Å². The number of rotatable bonds is 4. The summed E-state index contributed by atoms with van der Waals surface area (Å²) in [5.74, 6) is 0.229. The smallest absolute Gasteiger partial charge is 0.280 e. The lowest BCUT2D eigenvalue weighted by Crippen LogP contribution is -2.09. The quantitative estimate of drug-likeness (QED) is 0.790. The van der Waals surface area contributed by atoms with Crippen LogP contribution in [0.15, 0.2) is 6.07 Å². The molecule has 0 saturated carbocycles. The van der Waals surface area contributed by atoms with Gasteiger partial charge in [-0.15, -0.1) is 0 Å². The van der Waals surface area contributed by atoms with Crippen molar-refractivity contribution >= 4 is 0 Å². The molecule has 1 aromatic heterocycles. The van der Waals surface area contributed by atoms with E-state index in [2.05, 4.69) is 4.98 Å². The zero-order chi connectivity index (χ0) is 11.4. The maximum absolute atomic E-state index is 12.6. The molecule has 1 rings (SSSR count). The number of aliphatic hydroxyl groups excluding tert-OH is 1. The van der Waals surface area contributed by atoms with Gasteiger partial charge < -0.3 is 15.6 Å². The summed E-state index contributed by atoms with van der Waals surface area (Å²) in [6.45, 7) is -0.498. The van der Waals surface area contributed by atoms with Crippen LogP contribution in [0, 0.1) is 0 Å². The Morgan fingerprint density at radius 1 is 1.60 bits per heavy atom. The normalized spacial score (nSPS) is 10.8. The minimum atomic E-state index is -2.73. The van der Waals surface area contributed by atoms with Gasteiger partial charge in [0.1, 0.15) is 11.4 Å². The van der Waals surface area contributed by atoms with Crippen LogP contribution in [0.2, 0.25) is 0 Å². The second-order valence-electron chi connectivity index (χ2n) is 2.84. The van der Waals surface area contributed by atoms with Crippen LogP contribution in [0.4, 0.5) is 8.78 Å². The largest absolute Gasteiger partial charge is 0.496 e. The minimum Gasteiger partial charge on any atom is -0.496 e. The molecule has 1 heterocycles. The third-order valence-electron chi connectivity index (χ3n) is 1.96. The molecule has 0 radical (unpaired) electrons. The predicted octanol–water partition coefficient (Wildman–Crippen LogP) is 0.979. The number of alkyl halides is 2. The van der Waals surface area contributed by atoms with Crippen LogP contribution >= 0.6 is 0 Å². The summed E-state index contributed by atoms with van der Waals surface area (Å²) in [5, 5.41) is 8.83. The van der Waals surface area contributed by atoms with Crippen LogP contribution in [-0.4, -0.2) is 17.2 Å². The van der Waals surface area contributed by atoms with E-state index >= 15 is 0 Å². The van der Waals surface area contributed by atoms with Crippen molar-refractivity contribution in [1.29, 1.82) is 0 Å². The predicted molar refractivity (Wildman–Crippen MR) is 49.6 cm³/mol. The first kappa shape index (κ1) is 11.8. The Hall–Kier alpha value is -1.27. The van der Waals surface area contributed by atoms with Gasteiger partial charge in [0, 0.05) is 18.2 Å². The maximum atomic E-state index is 12.6. The fraction of sp³-hybridized carbons (Fsp3) is 0.444. The molecule has 0 amide bonds. The van der Waals surface area contributed by atoms with Crippen LogP contribution < -0.4 is 10.5 Å². The van der Waals surface area contributed by atoms with Crippen molar-refractivity contribution in [3.8, 4) is 5.75 Å². The van der Waals surface area contributed by atoms with Crippen molar-refractivity contribution in [1.82, 2.24) is 4.98 Å². The molecule has 0 aliphatic rings. The standard InChI is InChI=1S/C9H12F2N2O2/c1-15-7-2-5(4-14)13-8(9(10)11)6(7)3-12/h2,9,14H,3-4,12H2,1H3. The Balaban J connectivity index is 3.32. The van der Waals surface area contributed by atoms with E-state index in [-0.39, 0.29) is 23.6 Å². The number of nitrogens with two attached hydrogens (primary N) is 1. The number of methoxy groups -OCH3 is 1. The number of hydrogen-bond acceptors (Lipinski definition) is 4. The number of aromatic nitrogens is 1. The Morgan fingerprint density at radius 3 is 2.67 bits per heavy atom. The van der Waals surface area contributed by atoms with Gasteiger partial charge in [-0.05, 0) is 0 Å². The van der Waals surface area contributed by atoms with E-state index < -0.39 is 18.7 Å². The highest BCUT2D eigenvalue weighted by molar-refractivity contribution is 5.38. The van der Waals surface area contributed by atoms with E-state index in [4.69, 9.17) is 15.6 Å². The Labute approximate surface area is 85.7 Å². The molecule has 0 atom stereocenters. The molecule has 15 heavy (non-hydrogen) atoms. The first-order valence-electron chi connectivity index (χ1n) is 4.29. The molecule has 84 valence electrons. The molecule has 0 aliphatic carbocycles. The highest BCUT2D eigenvalue weighted by Gasteiger charge is 2.19. The Bertz CT molecular complexity index is 345. The molecule has 4 nitrogen and oxygen atoms in total. The van der Waals surface area contributed by atoms with Crippen LogP contribution in [0.3, 0.4) is 0 Å². The molecule has 0 fully saturated rings. The summed E-state index contributed by atoms with van der Waals surface area (Å²) in [4.78, 5) is 3.61. The van der Waals surface area contributed by atoms with E-state index in [1.54, 1.807) is 0 Å². The molecular weight excluding hydrogens is 206 g/mol. The zero-order valence-corrected chi connectivity index (χ0v) is 8.20. The van der Waals surface area contributed by atoms with Crippen LogP contribution in [0.25, 0.3) is 0 Å². The summed E-state index contributed by atoms with van der Waals surface area (Å²) in [6.07, 6.45) is -2.73. The number of aliphatic hydroxyl groups is 1. The van der Waals surface area contributed by atoms with Gasteiger partial charge in [0.25, 0.3) is 6.43 Å². The maximum Gasteiger partial charge on any atom is 0.280 e. The van der Waals surface area contributed by atoms with Crippen molar-refractivity contribution < 1.29 is 18.6 Å². The van der Waals surface area contributed by atoms with E-state index in [0.717, 1.165) is 0 Å². The summed E-state index contributed by atoms with van der Waals surface area (Å²) in [5.41, 5.74) is 5.22. The van der Waals surface area contributed by atoms with Crippen molar-refractivity contribution in [2.45, 2.75) is 19.6 Å². The minimum absolute atomic E-state index is 0.0818. The Morgan fingerprint density at radius 2 is 2.27 bits per heavy atom. The molecule has 0 unspecified atom stereocenters. The molecule has 6 heteroatoms. The third-order valence-corrected chi connectivity index (χ3v) is 1.96. The van der Waals surface area contributed by atoms with Gasteiger partial charge in [0.05, 0.1) is 19.4 Å². The molecule has 0 aromatic carbocycles. The summed E-state index contributed by atoms with van der Waals surface area (Å²) in [6, 6.07) is 1.40. The number of hydrogen-bond donors (Lipinski definition) is 2. The molecule has 0 saturated heterocycles. The van der Waals surface area contributed by atoms with Crippen LogP contribution in [-0.2, 0) is 13.2 Å². The van der Waals surface area contributed by atoms with Crippen LogP contribution in [0.1, 0.15) is 23.4 Å². The molecule has 1 aromatic rings. The van der Waals surface area contributed by atoms with E-state index in [1.165, 1.54) is 13.2 Å². The fourth-order valence-corrected chi connectivity index (χ4v) is 1.27. The number of halogens is 2. The molecular formula is C9H12F2N2O2. The lowest BCUT2D eigenvalue weighted by molar-refractivity contribution is 0.143. The van der Waals surface area contributed by atoms with Gasteiger partial charge in [-0.1, -0.05) is 0 Å². The van der Waals surface area contributed by atoms with Gasteiger partial charge in [-0.2, -0.15) is 0 Å². The molecule has 0 aliphatic heterocycles. The monoisotopic (exact) mass is 218 g/mol. The average molecular weight is 218 g/mol. The highest BCUT2D eigenvalue weighted by atomic mass is 19.3. The number of nitrogens with zero attached hydrogens (tertiary/aromatic N) is 1. The Kier molecular flexibility index (Phi) is 3.93. The van der Waals surface area contributed by atoms with Gasteiger partial charge in [-0.25, -0.2) is 13.8 Å². The van der Waals surface area contributed by atoms with Gasteiger partial charge in [0.15, 0.2) is 0 Å². The number of ether oxygens (including phenoxy) is 1. The second kappa shape index (κ2) is 4.99. The van der Waals surface area contributed by atoms with Crippen molar-refractivity contribution in [3.05, 3.63) is 23.0 Å². The van der Waals surface area contributed by atoms with Crippen molar-refractivity contribution in [2.24, 2.45) is 5.73 Å². The van der Waals surface area contributed by atoms with Gasteiger partial charge in [0.2, 0.25) is 0 Å². The summed E-state index contributed by atoms with van der Waals surface area (Å²) in [7, 11) is 1.35. The summed E-state index contributed by atoms with van der Waals surface area (Å²) >= 11 is 0. The fourth-order valence-electron chi connectivity index (χ4n) is 1.27. The summed E-state index contributed by atoms with van der Waals surface area (Å²) < 4.78 is 30.1. The van der Waals surface area contributed by atoms with E-state index in [0.29, 0.717) is 0 Å². The van der Waals surface area contributed by atoms with Crippen molar-refractivity contribution in [2.75, 3.05) is 7.11 Å². The lowest BCUT2D eigenvalue weighted by atomic mass is 10.1. The zero-order valence-electron chi connectivity index (χ0n) is 8.20.